The van der Waals surface area contributed by atoms with Crippen molar-refractivity contribution in [2.45, 2.75) is 6.18 Å². The van der Waals surface area contributed by atoms with Crippen molar-refractivity contribution < 1.29 is 13.2 Å². The van der Waals surface area contributed by atoms with Gasteiger partial charge in [0.25, 0.3) is 0 Å². The topological polar surface area (TPSA) is 25.8 Å². The van der Waals surface area contributed by atoms with Gasteiger partial charge >= 0.3 is 6.18 Å². The van der Waals surface area contributed by atoms with Crippen molar-refractivity contribution in [3.05, 3.63) is 11.3 Å². The van der Waals surface area contributed by atoms with Gasteiger partial charge in [-0.15, -0.1) is 0 Å². The van der Waals surface area contributed by atoms with Crippen molar-refractivity contribution in [1.29, 1.82) is 0 Å². The second kappa shape index (κ2) is 1.94. The molecule has 0 aliphatic heterocycles. The Kier molecular flexibility index (Phi) is 1.40. The van der Waals surface area contributed by atoms with E-state index in [2.05, 4.69) is 9.36 Å². The van der Waals surface area contributed by atoms with Crippen molar-refractivity contribution in [2.75, 3.05) is 0 Å². The predicted octanol–water partition coefficient (Wildman–Crippen LogP) is 1.36. The Labute approximate surface area is 52.5 Å². The molecule has 6 heteroatoms. The van der Waals surface area contributed by atoms with E-state index in [1.807, 2.05) is 5.51 Å². The summed E-state index contributed by atoms with van der Waals surface area (Å²) in [6.45, 7) is 0. The lowest BCUT2D eigenvalue weighted by Crippen LogP contribution is -2.06. The average Bonchev–Trinajstić information content (AvgIpc) is 2.08. The summed E-state index contributed by atoms with van der Waals surface area (Å²) in [6.07, 6.45) is -4.42. The second-order valence-corrected chi connectivity index (χ2v) is 1.75. The Hall–Kier alpha value is -0.650. The Morgan fingerprint density at radius 1 is 1.44 bits per heavy atom. The van der Waals surface area contributed by atoms with Gasteiger partial charge in [0.2, 0.25) is 5.82 Å². The molecule has 0 aromatic carbocycles. The molecular formula is C3F3N2S. The van der Waals surface area contributed by atoms with Crippen molar-refractivity contribution in [2.24, 2.45) is 0 Å². The van der Waals surface area contributed by atoms with Crippen LogP contribution in [0.1, 0.15) is 5.82 Å². The standard InChI is InChI=1S/C3F3N2S/c4-3(5,6)2-7-1-9-8-2. The summed E-state index contributed by atoms with van der Waals surface area (Å²) in [6, 6.07) is 0. The highest BCUT2D eigenvalue weighted by molar-refractivity contribution is 7.02. The number of alkyl halides is 3. The second-order valence-electron chi connectivity index (χ2n) is 1.21. The van der Waals surface area contributed by atoms with Crippen LogP contribution in [0.3, 0.4) is 0 Å². The van der Waals surface area contributed by atoms with E-state index in [4.69, 9.17) is 0 Å². The third kappa shape index (κ3) is 1.38. The van der Waals surface area contributed by atoms with Crippen LogP contribution in [-0.2, 0) is 6.18 Å². The molecular weight excluding hydrogens is 153 g/mol. The van der Waals surface area contributed by atoms with Gasteiger partial charge in [-0.25, -0.2) is 4.98 Å². The van der Waals surface area contributed by atoms with Crippen LogP contribution in [-0.4, -0.2) is 9.36 Å². The van der Waals surface area contributed by atoms with E-state index in [0.29, 0.717) is 11.5 Å². The van der Waals surface area contributed by atoms with Crippen LogP contribution in [0, 0.1) is 5.51 Å². The van der Waals surface area contributed by atoms with E-state index in [1.54, 1.807) is 0 Å². The zero-order valence-electron chi connectivity index (χ0n) is 3.94. The first kappa shape index (κ1) is 6.47. The van der Waals surface area contributed by atoms with Gasteiger partial charge < -0.3 is 0 Å². The SMILES string of the molecule is FC(F)(F)c1n[c]sn1. The minimum atomic E-state index is -4.42. The fourth-order valence-corrected chi connectivity index (χ4v) is 0.662. The summed E-state index contributed by atoms with van der Waals surface area (Å²) < 4.78 is 37.4. The fraction of sp³-hybridized carbons (Fsp3) is 0.333. The third-order valence-electron chi connectivity index (χ3n) is 0.578. The number of halogens is 3. The van der Waals surface area contributed by atoms with E-state index in [-0.39, 0.29) is 0 Å². The summed E-state index contributed by atoms with van der Waals surface area (Å²) in [5, 5.41) is 0. The normalized spacial score (nSPS) is 11.9. The average molecular weight is 153 g/mol. The van der Waals surface area contributed by atoms with Gasteiger partial charge in [-0.1, -0.05) is 0 Å². The molecule has 0 aliphatic carbocycles. The Bertz CT molecular complexity index is 179. The molecule has 0 amide bonds. The monoisotopic (exact) mass is 153 g/mol. The first-order chi connectivity index (χ1) is 4.11. The van der Waals surface area contributed by atoms with Crippen LogP contribution in [0.25, 0.3) is 0 Å². The Morgan fingerprint density at radius 3 is 2.33 bits per heavy atom. The largest absolute Gasteiger partial charge is 0.452 e. The molecule has 0 saturated carbocycles. The van der Waals surface area contributed by atoms with Crippen molar-refractivity contribution in [1.82, 2.24) is 9.36 Å². The van der Waals surface area contributed by atoms with Gasteiger partial charge in [0.15, 0.2) is 5.51 Å². The highest BCUT2D eigenvalue weighted by Crippen LogP contribution is 2.25. The molecule has 0 aliphatic rings. The summed E-state index contributed by atoms with van der Waals surface area (Å²) >= 11 is 0.560. The van der Waals surface area contributed by atoms with Gasteiger partial charge in [-0.3, -0.25) is 0 Å². The zero-order chi connectivity index (χ0) is 6.91. The number of nitrogens with zero attached hydrogens (tertiary/aromatic N) is 2. The molecule has 0 unspecified atom stereocenters. The lowest BCUT2D eigenvalue weighted by atomic mass is 10.6. The van der Waals surface area contributed by atoms with E-state index in [0.717, 1.165) is 0 Å². The van der Waals surface area contributed by atoms with Gasteiger partial charge in [-0.2, -0.15) is 17.5 Å². The van der Waals surface area contributed by atoms with Crippen LogP contribution in [0.15, 0.2) is 0 Å². The highest BCUT2D eigenvalue weighted by Gasteiger charge is 2.34. The Balaban J connectivity index is 2.90. The van der Waals surface area contributed by atoms with Crippen LogP contribution in [0.5, 0.6) is 0 Å². The van der Waals surface area contributed by atoms with E-state index < -0.39 is 12.0 Å². The summed E-state index contributed by atoms with van der Waals surface area (Å²) in [4.78, 5) is 2.84. The van der Waals surface area contributed by atoms with Gasteiger partial charge in [0.1, 0.15) is 0 Å². The summed E-state index contributed by atoms with van der Waals surface area (Å²) in [5.41, 5.74) is 2.00. The smallest absolute Gasteiger partial charge is 0.208 e. The maximum Gasteiger partial charge on any atom is 0.452 e. The molecule has 0 spiro atoms. The Morgan fingerprint density at radius 2 is 2.11 bits per heavy atom. The van der Waals surface area contributed by atoms with E-state index >= 15 is 0 Å². The van der Waals surface area contributed by atoms with E-state index in [1.165, 1.54) is 0 Å². The first-order valence-corrected chi connectivity index (χ1v) is 2.65. The maximum atomic E-state index is 11.5. The van der Waals surface area contributed by atoms with Crippen molar-refractivity contribution in [3.63, 3.8) is 0 Å². The van der Waals surface area contributed by atoms with Crippen LogP contribution < -0.4 is 0 Å². The molecule has 0 fully saturated rings. The number of aromatic nitrogens is 2. The highest BCUT2D eigenvalue weighted by atomic mass is 32.1. The van der Waals surface area contributed by atoms with Gasteiger partial charge in [0, 0.05) is 0 Å². The number of hydrogen-bond acceptors (Lipinski definition) is 3. The number of hydrogen-bond donors (Lipinski definition) is 0. The molecule has 9 heavy (non-hydrogen) atoms. The lowest BCUT2D eigenvalue weighted by molar-refractivity contribution is -0.144. The molecule has 1 heterocycles. The van der Waals surface area contributed by atoms with Gasteiger partial charge in [-0.05, 0) is 11.5 Å². The molecule has 0 saturated heterocycles. The molecule has 1 aromatic rings. The summed E-state index contributed by atoms with van der Waals surface area (Å²) in [7, 11) is 0. The molecule has 2 nitrogen and oxygen atoms in total. The van der Waals surface area contributed by atoms with Crippen molar-refractivity contribution in [3.8, 4) is 0 Å². The molecule has 0 N–H and O–H groups in total. The molecule has 1 rings (SSSR count). The molecule has 1 radical (unpaired) electrons. The zero-order valence-corrected chi connectivity index (χ0v) is 4.75. The predicted molar refractivity (Wildman–Crippen MR) is 23.7 cm³/mol. The van der Waals surface area contributed by atoms with Crippen LogP contribution in [0.4, 0.5) is 13.2 Å². The minimum Gasteiger partial charge on any atom is -0.208 e. The first-order valence-electron chi connectivity index (χ1n) is 1.87. The fourth-order valence-electron chi connectivity index (χ4n) is 0.263. The third-order valence-corrected chi connectivity index (χ3v) is 1.02. The quantitative estimate of drug-likeness (QED) is 0.562. The van der Waals surface area contributed by atoms with Crippen molar-refractivity contribution >= 4 is 11.5 Å². The molecule has 0 bridgehead atoms. The molecule has 1 aromatic heterocycles. The van der Waals surface area contributed by atoms with E-state index in [9.17, 15) is 13.2 Å². The van der Waals surface area contributed by atoms with Gasteiger partial charge in [0.05, 0.1) is 0 Å². The minimum absolute atomic E-state index is 0.560. The van der Waals surface area contributed by atoms with Crippen LogP contribution in [0.2, 0.25) is 0 Å². The van der Waals surface area contributed by atoms with Crippen LogP contribution >= 0.6 is 11.5 Å². The number of rotatable bonds is 0. The maximum absolute atomic E-state index is 11.5. The summed E-state index contributed by atoms with van der Waals surface area (Å²) in [5.74, 6) is -1.12. The molecule has 49 valence electrons. The lowest BCUT2D eigenvalue weighted by Gasteiger charge is -1.96. The molecule has 0 atom stereocenters.